The first-order valence-electron chi connectivity index (χ1n) is 5.42. The third-order valence-corrected chi connectivity index (χ3v) is 4.02. The van der Waals surface area contributed by atoms with Crippen molar-refractivity contribution < 1.29 is 9.47 Å². The van der Waals surface area contributed by atoms with Crippen LogP contribution in [0.15, 0.2) is 21.4 Å². The number of fused-ring (bicyclic) bond motifs is 1. The van der Waals surface area contributed by atoms with Crippen molar-refractivity contribution in [3.63, 3.8) is 0 Å². The molecule has 5 heteroatoms. The van der Waals surface area contributed by atoms with Crippen molar-refractivity contribution >= 4 is 26.8 Å². The number of ether oxygens (including phenoxy) is 2. The summed E-state index contributed by atoms with van der Waals surface area (Å²) in [5.41, 5.74) is 1.65. The van der Waals surface area contributed by atoms with Crippen LogP contribution in [0.5, 0.6) is 11.5 Å². The smallest absolute Gasteiger partial charge is 0.265 e. The van der Waals surface area contributed by atoms with Crippen LogP contribution in [-0.2, 0) is 7.05 Å². The van der Waals surface area contributed by atoms with Gasteiger partial charge in [0.25, 0.3) is 5.56 Å². The van der Waals surface area contributed by atoms with Crippen LogP contribution in [0.25, 0.3) is 10.9 Å². The van der Waals surface area contributed by atoms with Gasteiger partial charge in [-0.25, -0.2) is 0 Å². The molecule has 0 aliphatic carbocycles. The molecule has 96 valence electrons. The molecule has 1 aromatic heterocycles. The molecular weight excluding hydrogens is 298 g/mol. The molecule has 4 nitrogen and oxygen atoms in total. The third-order valence-electron chi connectivity index (χ3n) is 3.09. The lowest BCUT2D eigenvalue weighted by molar-refractivity contribution is 0.355. The van der Waals surface area contributed by atoms with Crippen molar-refractivity contribution in [2.45, 2.75) is 6.92 Å². The van der Waals surface area contributed by atoms with Gasteiger partial charge in [-0.15, -0.1) is 0 Å². The number of pyridine rings is 1. The monoisotopic (exact) mass is 311 g/mol. The summed E-state index contributed by atoms with van der Waals surface area (Å²) in [6.45, 7) is 1.90. The summed E-state index contributed by atoms with van der Waals surface area (Å²) in [5.74, 6) is 1.26. The Morgan fingerprint density at radius 2 is 1.72 bits per heavy atom. The quantitative estimate of drug-likeness (QED) is 0.856. The van der Waals surface area contributed by atoms with E-state index < -0.39 is 0 Å². The number of aromatic nitrogens is 1. The summed E-state index contributed by atoms with van der Waals surface area (Å²) in [6.07, 6.45) is 0. The molecule has 0 amide bonds. The molecule has 0 radical (unpaired) electrons. The van der Waals surface area contributed by atoms with Crippen molar-refractivity contribution in [3.05, 3.63) is 32.5 Å². The zero-order valence-electron chi connectivity index (χ0n) is 10.7. The highest BCUT2D eigenvalue weighted by Gasteiger charge is 2.14. The van der Waals surface area contributed by atoms with Crippen molar-refractivity contribution in [1.82, 2.24) is 4.57 Å². The SMILES string of the molecule is COc1cc2c(C)c(Br)c(=O)n(C)c2cc1OC. The average Bonchev–Trinajstić information content (AvgIpc) is 2.41. The lowest BCUT2D eigenvalue weighted by Crippen LogP contribution is -2.19. The summed E-state index contributed by atoms with van der Waals surface area (Å²) in [4.78, 5) is 12.0. The second-order valence-electron chi connectivity index (χ2n) is 4.03. The lowest BCUT2D eigenvalue weighted by atomic mass is 10.1. The van der Waals surface area contributed by atoms with E-state index in [0.29, 0.717) is 16.0 Å². The number of halogens is 1. The highest BCUT2D eigenvalue weighted by atomic mass is 79.9. The molecule has 0 saturated heterocycles. The van der Waals surface area contributed by atoms with Crippen molar-refractivity contribution in [3.8, 4) is 11.5 Å². The third kappa shape index (κ3) is 1.79. The van der Waals surface area contributed by atoms with Gasteiger partial charge in [0.1, 0.15) is 0 Å². The van der Waals surface area contributed by atoms with E-state index in [2.05, 4.69) is 15.9 Å². The van der Waals surface area contributed by atoms with Gasteiger partial charge in [-0.3, -0.25) is 4.79 Å². The van der Waals surface area contributed by atoms with Crippen LogP contribution in [0.4, 0.5) is 0 Å². The van der Waals surface area contributed by atoms with Crippen molar-refractivity contribution in [2.24, 2.45) is 7.05 Å². The normalized spacial score (nSPS) is 10.7. The maximum atomic E-state index is 12.0. The Morgan fingerprint density at radius 3 is 2.28 bits per heavy atom. The van der Waals surface area contributed by atoms with Crippen LogP contribution < -0.4 is 15.0 Å². The van der Waals surface area contributed by atoms with Crippen LogP contribution in [0.1, 0.15) is 5.56 Å². The Morgan fingerprint density at radius 1 is 1.17 bits per heavy atom. The van der Waals surface area contributed by atoms with Crippen LogP contribution in [0, 0.1) is 6.92 Å². The second-order valence-corrected chi connectivity index (χ2v) is 4.82. The van der Waals surface area contributed by atoms with Crippen molar-refractivity contribution in [1.29, 1.82) is 0 Å². The summed E-state index contributed by atoms with van der Waals surface area (Å²) >= 11 is 3.33. The van der Waals surface area contributed by atoms with E-state index in [0.717, 1.165) is 16.5 Å². The van der Waals surface area contributed by atoms with E-state index in [1.807, 2.05) is 19.1 Å². The van der Waals surface area contributed by atoms with Crippen LogP contribution in [-0.4, -0.2) is 18.8 Å². The molecule has 0 aliphatic heterocycles. The Bertz CT molecular complexity index is 676. The fourth-order valence-electron chi connectivity index (χ4n) is 1.98. The predicted octanol–water partition coefficient (Wildman–Crippen LogP) is 2.63. The Hall–Kier alpha value is -1.49. The van der Waals surface area contributed by atoms with Gasteiger partial charge in [0, 0.05) is 18.5 Å². The Balaban J connectivity index is 2.98. The number of rotatable bonds is 2. The van der Waals surface area contributed by atoms with Gasteiger partial charge < -0.3 is 14.0 Å². The zero-order valence-corrected chi connectivity index (χ0v) is 12.3. The van der Waals surface area contributed by atoms with Gasteiger partial charge in [0.15, 0.2) is 11.5 Å². The van der Waals surface area contributed by atoms with Crippen LogP contribution >= 0.6 is 15.9 Å². The average molecular weight is 312 g/mol. The standard InChI is InChI=1S/C13H14BrNO3/c1-7-8-5-10(17-3)11(18-4)6-9(8)15(2)13(16)12(7)14/h5-6H,1-4H3. The number of aryl methyl sites for hydroxylation is 2. The molecule has 2 aromatic rings. The minimum absolute atomic E-state index is 0.0628. The van der Waals surface area contributed by atoms with Gasteiger partial charge in [-0.2, -0.15) is 0 Å². The van der Waals surface area contributed by atoms with E-state index in [1.54, 1.807) is 25.8 Å². The maximum absolute atomic E-state index is 12.0. The van der Waals surface area contributed by atoms with E-state index >= 15 is 0 Å². The van der Waals surface area contributed by atoms with E-state index in [4.69, 9.17) is 9.47 Å². The molecule has 0 atom stereocenters. The number of methoxy groups -OCH3 is 2. The molecule has 18 heavy (non-hydrogen) atoms. The Labute approximate surface area is 113 Å². The van der Waals surface area contributed by atoms with Gasteiger partial charge in [-0.1, -0.05) is 0 Å². The second kappa shape index (κ2) is 4.65. The fourth-order valence-corrected chi connectivity index (χ4v) is 2.46. The van der Waals surface area contributed by atoms with Crippen molar-refractivity contribution in [2.75, 3.05) is 14.2 Å². The molecule has 0 unspecified atom stereocenters. The van der Waals surface area contributed by atoms with Gasteiger partial charge >= 0.3 is 0 Å². The number of hydrogen-bond donors (Lipinski definition) is 0. The lowest BCUT2D eigenvalue weighted by Gasteiger charge is -2.14. The largest absolute Gasteiger partial charge is 0.493 e. The summed E-state index contributed by atoms with van der Waals surface area (Å²) < 4.78 is 12.7. The molecule has 1 aromatic carbocycles. The molecule has 0 fully saturated rings. The number of benzene rings is 1. The van der Waals surface area contributed by atoms with Gasteiger partial charge in [0.05, 0.1) is 24.2 Å². The van der Waals surface area contributed by atoms with Gasteiger partial charge in [-0.05, 0) is 34.5 Å². The number of nitrogens with zero attached hydrogens (tertiary/aromatic N) is 1. The fraction of sp³-hybridized carbons (Fsp3) is 0.308. The van der Waals surface area contributed by atoms with E-state index in [-0.39, 0.29) is 5.56 Å². The Kier molecular flexibility index (Phi) is 3.34. The molecule has 0 aliphatic rings. The molecule has 0 bridgehead atoms. The maximum Gasteiger partial charge on any atom is 0.265 e. The summed E-state index contributed by atoms with van der Waals surface area (Å²) in [7, 11) is 4.91. The molecule has 2 rings (SSSR count). The van der Waals surface area contributed by atoms with Crippen LogP contribution in [0.3, 0.4) is 0 Å². The molecule has 1 heterocycles. The highest BCUT2D eigenvalue weighted by molar-refractivity contribution is 9.10. The molecule has 0 N–H and O–H groups in total. The minimum atomic E-state index is -0.0628. The van der Waals surface area contributed by atoms with Gasteiger partial charge in [0.2, 0.25) is 0 Å². The number of hydrogen-bond acceptors (Lipinski definition) is 3. The topological polar surface area (TPSA) is 40.5 Å². The summed E-state index contributed by atoms with van der Waals surface area (Å²) in [5, 5.41) is 0.960. The van der Waals surface area contributed by atoms with E-state index in [9.17, 15) is 4.79 Å². The minimum Gasteiger partial charge on any atom is -0.493 e. The zero-order chi connectivity index (χ0) is 13.4. The van der Waals surface area contributed by atoms with Crippen LogP contribution in [0.2, 0.25) is 0 Å². The molecular formula is C13H14BrNO3. The first kappa shape index (κ1) is 13.0. The van der Waals surface area contributed by atoms with E-state index in [1.165, 1.54) is 0 Å². The molecule has 0 saturated carbocycles. The highest BCUT2D eigenvalue weighted by Crippen LogP contribution is 2.34. The predicted molar refractivity (Wildman–Crippen MR) is 74.7 cm³/mol. The first-order chi connectivity index (χ1) is 8.51. The molecule has 0 spiro atoms. The first-order valence-corrected chi connectivity index (χ1v) is 6.21. The summed E-state index contributed by atoms with van der Waals surface area (Å²) in [6, 6.07) is 3.70.